The minimum atomic E-state index is -4.52. The molecule has 0 heterocycles. The van der Waals surface area contributed by atoms with Crippen molar-refractivity contribution in [3.8, 4) is 0 Å². The molecule has 0 aromatic heterocycles. The van der Waals surface area contributed by atoms with Gasteiger partial charge in [0.05, 0.1) is 6.61 Å². The van der Waals surface area contributed by atoms with Gasteiger partial charge in [-0.3, -0.25) is 9.32 Å². The molecule has 1 aromatic carbocycles. The Morgan fingerprint density at radius 1 is 1.20 bits per heavy atom. The third-order valence-corrected chi connectivity index (χ3v) is 2.46. The van der Waals surface area contributed by atoms with Crippen LogP contribution in [0.15, 0.2) is 36.4 Å². The van der Waals surface area contributed by atoms with Crippen LogP contribution in [0.25, 0.3) is 0 Å². The standard InChI is InChI=1S/C11H12NO7P/c13-10(5-6-11(14)15)12-9-3-1-8(2-4-9)7-19-20(16,17)18/h1-6H,7H2,(H,12,13)(H,14,15)(H2,16,17,18)/b6-5-. The Kier molecular flexibility index (Phi) is 5.60. The van der Waals surface area contributed by atoms with E-state index in [4.69, 9.17) is 14.9 Å². The third kappa shape index (κ3) is 6.81. The van der Waals surface area contributed by atoms with Crippen LogP contribution in [0.2, 0.25) is 0 Å². The van der Waals surface area contributed by atoms with Gasteiger partial charge in [0, 0.05) is 17.8 Å². The van der Waals surface area contributed by atoms with Gasteiger partial charge < -0.3 is 20.2 Å². The van der Waals surface area contributed by atoms with E-state index in [9.17, 15) is 14.2 Å². The molecule has 0 saturated heterocycles. The molecule has 8 nitrogen and oxygen atoms in total. The van der Waals surface area contributed by atoms with Gasteiger partial charge in [0.15, 0.2) is 0 Å². The van der Waals surface area contributed by atoms with E-state index < -0.39 is 19.7 Å². The molecule has 0 fully saturated rings. The molecule has 9 heteroatoms. The molecule has 0 spiro atoms. The van der Waals surface area contributed by atoms with Crippen molar-refractivity contribution in [1.29, 1.82) is 0 Å². The number of hydrogen-bond acceptors (Lipinski definition) is 4. The largest absolute Gasteiger partial charge is 0.478 e. The summed E-state index contributed by atoms with van der Waals surface area (Å²) in [5.41, 5.74) is 0.914. The number of carboxylic acid groups (broad SMARTS) is 1. The van der Waals surface area contributed by atoms with Crippen LogP contribution in [0.1, 0.15) is 5.56 Å². The maximum absolute atomic E-state index is 11.3. The number of hydrogen-bond donors (Lipinski definition) is 4. The van der Waals surface area contributed by atoms with Gasteiger partial charge in [-0.25, -0.2) is 9.36 Å². The first kappa shape index (κ1) is 16.1. The minimum Gasteiger partial charge on any atom is -0.478 e. The predicted octanol–water partition coefficient (Wildman–Crippen LogP) is 0.875. The van der Waals surface area contributed by atoms with Crippen LogP contribution in [0.3, 0.4) is 0 Å². The molecule has 1 rings (SSSR count). The van der Waals surface area contributed by atoms with E-state index in [0.29, 0.717) is 17.3 Å². The molecule has 0 unspecified atom stereocenters. The summed E-state index contributed by atoms with van der Waals surface area (Å²) < 4.78 is 14.8. The summed E-state index contributed by atoms with van der Waals surface area (Å²) in [7, 11) is -4.52. The van der Waals surface area contributed by atoms with Crippen molar-refractivity contribution in [1.82, 2.24) is 0 Å². The van der Waals surface area contributed by atoms with Crippen LogP contribution in [0.4, 0.5) is 5.69 Å². The van der Waals surface area contributed by atoms with Gasteiger partial charge in [0.25, 0.3) is 0 Å². The Labute approximate surface area is 113 Å². The van der Waals surface area contributed by atoms with Crippen molar-refractivity contribution in [2.24, 2.45) is 0 Å². The van der Waals surface area contributed by atoms with E-state index in [-0.39, 0.29) is 6.61 Å². The summed E-state index contributed by atoms with van der Waals surface area (Å²) in [6.07, 6.45) is 1.57. The van der Waals surface area contributed by atoms with E-state index in [1.807, 2.05) is 0 Å². The molecule has 0 bridgehead atoms. The van der Waals surface area contributed by atoms with E-state index in [2.05, 4.69) is 9.84 Å². The first-order valence-corrected chi connectivity index (χ1v) is 6.80. The third-order valence-electron chi connectivity index (χ3n) is 2.00. The molecule has 0 atom stereocenters. The second-order valence-electron chi connectivity index (χ2n) is 3.62. The maximum Gasteiger partial charge on any atom is 0.469 e. The quantitative estimate of drug-likeness (QED) is 0.452. The highest BCUT2D eigenvalue weighted by molar-refractivity contribution is 7.46. The molecule has 1 aromatic rings. The number of carbonyl (C=O) groups is 2. The Morgan fingerprint density at radius 2 is 1.80 bits per heavy atom. The van der Waals surface area contributed by atoms with E-state index in [0.717, 1.165) is 6.08 Å². The predicted molar refractivity (Wildman–Crippen MR) is 68.7 cm³/mol. The minimum absolute atomic E-state index is 0.266. The fourth-order valence-electron chi connectivity index (χ4n) is 1.17. The molecular weight excluding hydrogens is 289 g/mol. The molecule has 0 saturated carbocycles. The van der Waals surface area contributed by atoms with E-state index >= 15 is 0 Å². The summed E-state index contributed by atoms with van der Waals surface area (Å²) in [4.78, 5) is 38.5. The highest BCUT2D eigenvalue weighted by Crippen LogP contribution is 2.36. The normalized spacial score (nSPS) is 11.5. The topological polar surface area (TPSA) is 133 Å². The summed E-state index contributed by atoms with van der Waals surface area (Å²) >= 11 is 0. The lowest BCUT2D eigenvalue weighted by atomic mass is 10.2. The van der Waals surface area contributed by atoms with E-state index in [1.54, 1.807) is 0 Å². The fourth-order valence-corrected chi connectivity index (χ4v) is 1.49. The molecule has 0 radical (unpaired) electrons. The summed E-state index contributed by atoms with van der Waals surface area (Å²) in [5.74, 6) is -1.84. The highest BCUT2D eigenvalue weighted by atomic mass is 31.2. The number of rotatable bonds is 6. The van der Waals surface area contributed by atoms with Crippen molar-refractivity contribution in [2.75, 3.05) is 5.32 Å². The number of nitrogens with one attached hydrogen (secondary N) is 1. The van der Waals surface area contributed by atoms with Gasteiger partial charge in [-0.05, 0) is 17.7 Å². The van der Waals surface area contributed by atoms with Gasteiger partial charge in [-0.1, -0.05) is 12.1 Å². The van der Waals surface area contributed by atoms with Crippen molar-refractivity contribution in [3.63, 3.8) is 0 Å². The van der Waals surface area contributed by atoms with Crippen LogP contribution < -0.4 is 5.32 Å². The first-order chi connectivity index (χ1) is 9.26. The van der Waals surface area contributed by atoms with Crippen molar-refractivity contribution >= 4 is 25.4 Å². The second kappa shape index (κ2) is 6.97. The Balaban J connectivity index is 2.56. The van der Waals surface area contributed by atoms with Crippen molar-refractivity contribution in [2.45, 2.75) is 6.61 Å². The average molecular weight is 301 g/mol. The smallest absolute Gasteiger partial charge is 0.469 e. The van der Waals surface area contributed by atoms with Crippen LogP contribution >= 0.6 is 7.82 Å². The van der Waals surface area contributed by atoms with Gasteiger partial charge in [-0.15, -0.1) is 0 Å². The van der Waals surface area contributed by atoms with Crippen LogP contribution in [0, 0.1) is 0 Å². The van der Waals surface area contributed by atoms with Crippen molar-refractivity contribution < 1.29 is 33.6 Å². The van der Waals surface area contributed by atoms with Gasteiger partial charge in [0.1, 0.15) is 0 Å². The number of carbonyl (C=O) groups excluding carboxylic acids is 1. The van der Waals surface area contributed by atoms with Crippen LogP contribution in [-0.4, -0.2) is 26.8 Å². The average Bonchev–Trinajstić information content (AvgIpc) is 2.34. The molecule has 0 aliphatic heterocycles. The molecule has 0 aliphatic rings. The first-order valence-electron chi connectivity index (χ1n) is 5.27. The maximum atomic E-state index is 11.3. The Morgan fingerprint density at radius 3 is 2.30 bits per heavy atom. The van der Waals surface area contributed by atoms with Gasteiger partial charge >= 0.3 is 13.8 Å². The van der Waals surface area contributed by atoms with Crippen LogP contribution in [-0.2, 0) is 25.3 Å². The summed E-state index contributed by atoms with van der Waals surface area (Å²) in [6.45, 7) is -0.266. The molecule has 108 valence electrons. The summed E-state index contributed by atoms with van der Waals surface area (Å²) in [5, 5.41) is 10.8. The summed E-state index contributed by atoms with van der Waals surface area (Å²) in [6, 6.07) is 5.99. The fraction of sp³-hybridized carbons (Fsp3) is 0.0909. The SMILES string of the molecule is O=C(O)/C=C\C(=O)Nc1ccc(COP(=O)(O)O)cc1. The van der Waals surface area contributed by atoms with Gasteiger partial charge in [-0.2, -0.15) is 0 Å². The molecule has 4 N–H and O–H groups in total. The number of carboxylic acids is 1. The zero-order valence-electron chi connectivity index (χ0n) is 10.1. The van der Waals surface area contributed by atoms with E-state index in [1.165, 1.54) is 24.3 Å². The molecular formula is C11H12NO7P. The van der Waals surface area contributed by atoms with Crippen LogP contribution in [0.5, 0.6) is 0 Å². The zero-order valence-corrected chi connectivity index (χ0v) is 11.0. The highest BCUT2D eigenvalue weighted by Gasteiger charge is 2.13. The number of phosphoric acid groups is 1. The zero-order chi connectivity index (χ0) is 15.2. The molecule has 0 aliphatic carbocycles. The number of phosphoric ester groups is 1. The lowest BCUT2D eigenvalue weighted by molar-refractivity contribution is -0.131. The number of anilines is 1. The lowest BCUT2D eigenvalue weighted by Gasteiger charge is -2.06. The second-order valence-corrected chi connectivity index (χ2v) is 4.86. The lowest BCUT2D eigenvalue weighted by Crippen LogP contribution is -2.08. The molecule has 20 heavy (non-hydrogen) atoms. The van der Waals surface area contributed by atoms with Gasteiger partial charge in [0.2, 0.25) is 5.91 Å². The number of benzene rings is 1. The van der Waals surface area contributed by atoms with Crippen molar-refractivity contribution in [3.05, 3.63) is 42.0 Å². The number of amides is 1. The monoisotopic (exact) mass is 301 g/mol. The Bertz CT molecular complexity index is 561. The number of aliphatic carboxylic acids is 1. The molecule has 1 amide bonds. The Hall–Kier alpha value is -1.99.